The van der Waals surface area contributed by atoms with Crippen LogP contribution >= 0.6 is 22.9 Å². The first-order chi connectivity index (χ1) is 12.5. The van der Waals surface area contributed by atoms with E-state index in [0.29, 0.717) is 20.9 Å². The average Bonchev–Trinajstić information content (AvgIpc) is 3.13. The second kappa shape index (κ2) is 5.54. The molecule has 5 rings (SSSR count). The van der Waals surface area contributed by atoms with Crippen molar-refractivity contribution < 1.29 is 0 Å². The number of H-pyrrole nitrogens is 1. The summed E-state index contributed by atoms with van der Waals surface area (Å²) < 4.78 is 2.63. The van der Waals surface area contributed by atoms with Crippen LogP contribution in [0.3, 0.4) is 0 Å². The van der Waals surface area contributed by atoms with Gasteiger partial charge in [-0.05, 0) is 43.3 Å². The maximum Gasteiger partial charge on any atom is 0.348 e. The Hall–Kier alpha value is -2.42. The second-order valence-electron chi connectivity index (χ2n) is 6.45. The lowest BCUT2D eigenvalue weighted by atomic mass is 10.1. The first-order valence-corrected chi connectivity index (χ1v) is 9.35. The molecule has 1 N–H and O–H groups in total. The maximum absolute atomic E-state index is 13.1. The molecule has 9 heteroatoms. The van der Waals surface area contributed by atoms with E-state index < -0.39 is 5.69 Å². The minimum absolute atomic E-state index is 0.225. The Morgan fingerprint density at radius 3 is 2.77 bits per heavy atom. The van der Waals surface area contributed by atoms with Gasteiger partial charge in [0.25, 0.3) is 5.56 Å². The van der Waals surface area contributed by atoms with Crippen LogP contribution in [0.4, 0.5) is 0 Å². The normalized spacial score (nSPS) is 15.0. The molecule has 0 fully saturated rings. The van der Waals surface area contributed by atoms with E-state index >= 15 is 0 Å². The van der Waals surface area contributed by atoms with Crippen molar-refractivity contribution in [3.63, 3.8) is 0 Å². The van der Waals surface area contributed by atoms with E-state index in [2.05, 4.69) is 22.0 Å². The molecule has 7 nitrogen and oxygen atoms in total. The van der Waals surface area contributed by atoms with Crippen molar-refractivity contribution in [1.29, 1.82) is 0 Å². The molecular weight excluding hydrogens is 374 g/mol. The van der Waals surface area contributed by atoms with Crippen molar-refractivity contribution in [2.45, 2.75) is 13.0 Å². The molecule has 1 aliphatic rings. The van der Waals surface area contributed by atoms with E-state index in [1.54, 1.807) is 24.3 Å². The molecule has 0 spiro atoms. The number of aromatic amines is 1. The van der Waals surface area contributed by atoms with Crippen LogP contribution in [0.2, 0.25) is 5.02 Å². The highest BCUT2D eigenvalue weighted by molar-refractivity contribution is 7.18. The van der Waals surface area contributed by atoms with Crippen LogP contribution in [0.25, 0.3) is 21.7 Å². The largest absolute Gasteiger partial charge is 0.348 e. The summed E-state index contributed by atoms with van der Waals surface area (Å²) in [5.74, 6) is 0.279. The predicted molar refractivity (Wildman–Crippen MR) is 102 cm³/mol. The van der Waals surface area contributed by atoms with Gasteiger partial charge in [0.05, 0.1) is 11.1 Å². The van der Waals surface area contributed by atoms with Gasteiger partial charge in [0.2, 0.25) is 5.78 Å². The number of likely N-dealkylation sites (N-methyl/N-ethyl adjacent to an activating group) is 1. The number of hydrogen-bond acceptors (Lipinski definition) is 5. The number of thiophene rings is 1. The zero-order valence-corrected chi connectivity index (χ0v) is 15.4. The fourth-order valence-electron chi connectivity index (χ4n) is 3.47. The zero-order chi connectivity index (χ0) is 18.0. The molecule has 0 atom stereocenters. The van der Waals surface area contributed by atoms with Gasteiger partial charge >= 0.3 is 5.69 Å². The summed E-state index contributed by atoms with van der Waals surface area (Å²) in [7, 11) is 2.07. The third-order valence-corrected chi connectivity index (χ3v) is 6.11. The van der Waals surface area contributed by atoms with Crippen molar-refractivity contribution in [2.24, 2.45) is 0 Å². The lowest BCUT2D eigenvalue weighted by Crippen LogP contribution is -2.26. The lowest BCUT2D eigenvalue weighted by Gasteiger charge is -2.21. The summed E-state index contributed by atoms with van der Waals surface area (Å²) in [6.45, 7) is 1.72. The number of nitrogens with zero attached hydrogens (tertiary/aromatic N) is 4. The quantitative estimate of drug-likeness (QED) is 0.542. The van der Waals surface area contributed by atoms with Gasteiger partial charge in [-0.1, -0.05) is 11.6 Å². The molecule has 1 aromatic carbocycles. The smallest absolute Gasteiger partial charge is 0.301 e. The summed E-state index contributed by atoms with van der Waals surface area (Å²) in [5, 5.41) is 3.81. The number of rotatable bonds is 1. The van der Waals surface area contributed by atoms with Gasteiger partial charge in [-0.15, -0.1) is 11.3 Å². The Labute approximate surface area is 156 Å². The molecule has 4 aromatic rings. The molecule has 0 bridgehead atoms. The Balaban J connectivity index is 1.84. The topological polar surface area (TPSA) is 75.4 Å². The van der Waals surface area contributed by atoms with Crippen molar-refractivity contribution in [2.75, 3.05) is 13.6 Å². The van der Waals surface area contributed by atoms with E-state index in [-0.39, 0.29) is 11.3 Å². The third-order valence-electron chi connectivity index (χ3n) is 4.74. The van der Waals surface area contributed by atoms with Crippen molar-refractivity contribution in [3.8, 4) is 5.69 Å². The van der Waals surface area contributed by atoms with Crippen molar-refractivity contribution in [3.05, 3.63) is 60.6 Å². The van der Waals surface area contributed by atoms with Gasteiger partial charge < -0.3 is 4.90 Å². The van der Waals surface area contributed by atoms with Gasteiger partial charge in [0, 0.05) is 23.0 Å². The van der Waals surface area contributed by atoms with Gasteiger partial charge in [-0.25, -0.2) is 19.4 Å². The molecule has 26 heavy (non-hydrogen) atoms. The fraction of sp³-hybridized carbons (Fsp3) is 0.235. The highest BCUT2D eigenvalue weighted by Gasteiger charge is 2.24. The Kier molecular flexibility index (Phi) is 3.37. The van der Waals surface area contributed by atoms with Crippen molar-refractivity contribution >= 4 is 38.9 Å². The molecule has 0 radical (unpaired) electrons. The van der Waals surface area contributed by atoms with Gasteiger partial charge in [-0.2, -0.15) is 4.52 Å². The van der Waals surface area contributed by atoms with Crippen LogP contribution in [-0.4, -0.2) is 37.7 Å². The summed E-state index contributed by atoms with van der Waals surface area (Å²) in [4.78, 5) is 34.3. The Morgan fingerprint density at radius 1 is 1.23 bits per heavy atom. The third kappa shape index (κ3) is 2.19. The summed E-state index contributed by atoms with van der Waals surface area (Å²) >= 11 is 7.47. The Bertz CT molecular complexity index is 1280. The monoisotopic (exact) mass is 387 g/mol. The lowest BCUT2D eigenvalue weighted by molar-refractivity contribution is 0.318. The molecule has 0 aliphatic carbocycles. The molecule has 132 valence electrons. The zero-order valence-electron chi connectivity index (χ0n) is 13.8. The summed E-state index contributed by atoms with van der Waals surface area (Å²) in [5.41, 5.74) is 1.03. The Morgan fingerprint density at radius 2 is 2.00 bits per heavy atom. The summed E-state index contributed by atoms with van der Waals surface area (Å²) in [6.07, 6.45) is 0.816. The second-order valence-corrected chi connectivity index (χ2v) is 7.97. The molecule has 0 amide bonds. The SMILES string of the molecule is CN1CCc2c(sc3nc4n(-c5ccc(Cl)cc5)c(=O)[nH]n4c(=O)c23)C1. The minimum atomic E-state index is -0.414. The van der Waals surface area contributed by atoms with E-state index in [1.807, 2.05) is 0 Å². The average molecular weight is 388 g/mol. The number of nitrogens with one attached hydrogen (secondary N) is 1. The van der Waals surface area contributed by atoms with Crippen LogP contribution in [0, 0.1) is 0 Å². The molecule has 4 heterocycles. The standard InChI is InChI=1S/C17H14ClN5O2S/c1-21-7-6-11-12(8-21)26-14-13(11)15(24)23-16(19-14)22(17(25)20-23)10-4-2-9(18)3-5-10/h2-5H,6-8H2,1H3,(H,20,25). The van der Waals surface area contributed by atoms with E-state index in [0.717, 1.165) is 25.1 Å². The molecule has 1 aliphatic heterocycles. The van der Waals surface area contributed by atoms with E-state index in [4.69, 9.17) is 11.6 Å². The highest BCUT2D eigenvalue weighted by Crippen LogP contribution is 2.32. The number of fused-ring (bicyclic) bond motifs is 4. The van der Waals surface area contributed by atoms with Crippen molar-refractivity contribution in [1.82, 2.24) is 24.1 Å². The fourth-order valence-corrected chi connectivity index (χ4v) is 4.88. The first-order valence-electron chi connectivity index (χ1n) is 8.15. The molecular formula is C17H14ClN5O2S. The van der Waals surface area contributed by atoms with Gasteiger partial charge in [0.1, 0.15) is 4.83 Å². The molecule has 3 aromatic heterocycles. The minimum Gasteiger partial charge on any atom is -0.301 e. The summed E-state index contributed by atoms with van der Waals surface area (Å²) in [6, 6.07) is 6.84. The highest BCUT2D eigenvalue weighted by atomic mass is 35.5. The number of hydrogen-bond donors (Lipinski definition) is 1. The number of aromatic nitrogens is 4. The molecule has 0 saturated heterocycles. The van der Waals surface area contributed by atoms with Gasteiger partial charge in [0.15, 0.2) is 0 Å². The number of halogens is 1. The number of benzene rings is 1. The first kappa shape index (κ1) is 15.8. The van der Waals surface area contributed by atoms with Crippen LogP contribution < -0.4 is 11.2 Å². The van der Waals surface area contributed by atoms with E-state index in [9.17, 15) is 9.59 Å². The van der Waals surface area contributed by atoms with Gasteiger partial charge in [-0.3, -0.25) is 4.79 Å². The molecule has 0 saturated carbocycles. The van der Waals surface area contributed by atoms with Crippen LogP contribution in [0.15, 0.2) is 33.9 Å². The van der Waals surface area contributed by atoms with E-state index in [1.165, 1.54) is 25.3 Å². The molecule has 0 unspecified atom stereocenters. The van der Waals surface area contributed by atoms with Crippen LogP contribution in [0.5, 0.6) is 0 Å². The van der Waals surface area contributed by atoms with Crippen LogP contribution in [0.1, 0.15) is 10.4 Å². The predicted octanol–water partition coefficient (Wildman–Crippen LogP) is 2.03. The van der Waals surface area contributed by atoms with Crippen LogP contribution in [-0.2, 0) is 13.0 Å². The maximum atomic E-state index is 13.1.